The molecule has 0 saturated heterocycles. The van der Waals surface area contributed by atoms with Crippen LogP contribution in [0.2, 0.25) is 0 Å². The van der Waals surface area contributed by atoms with E-state index >= 15 is 0 Å². The Hall–Kier alpha value is -1.34. The number of aromatic amines is 1. The van der Waals surface area contributed by atoms with E-state index in [1.165, 1.54) is 0 Å². The molecule has 0 aromatic carbocycles. The Morgan fingerprint density at radius 1 is 1.90 bits per heavy atom. The molecule has 52 valence electrons. The minimum absolute atomic E-state index is 0.430. The SMILES string of the molecule is N#C[C@H](N)Cc1cnc[nH]1. The maximum absolute atomic E-state index is 8.32. The molecule has 0 amide bonds. The summed E-state index contributed by atoms with van der Waals surface area (Å²) in [6.07, 6.45) is 3.77. The van der Waals surface area contributed by atoms with Crippen molar-refractivity contribution >= 4 is 0 Å². The normalized spacial score (nSPS) is 12.4. The lowest BCUT2D eigenvalue weighted by Crippen LogP contribution is -2.20. The lowest BCUT2D eigenvalue weighted by Gasteiger charge is -1.96. The molecule has 1 heterocycles. The van der Waals surface area contributed by atoms with E-state index in [0.29, 0.717) is 6.42 Å². The van der Waals surface area contributed by atoms with E-state index in [1.807, 2.05) is 6.07 Å². The molecule has 10 heavy (non-hydrogen) atoms. The molecular weight excluding hydrogens is 128 g/mol. The largest absolute Gasteiger partial charge is 0.348 e. The van der Waals surface area contributed by atoms with Gasteiger partial charge in [-0.3, -0.25) is 0 Å². The number of aromatic nitrogens is 2. The molecule has 0 radical (unpaired) electrons. The lowest BCUT2D eigenvalue weighted by atomic mass is 10.2. The van der Waals surface area contributed by atoms with E-state index in [1.54, 1.807) is 12.5 Å². The fraction of sp³-hybridized carbons (Fsp3) is 0.333. The molecule has 4 heteroatoms. The van der Waals surface area contributed by atoms with E-state index in [0.717, 1.165) is 5.69 Å². The van der Waals surface area contributed by atoms with Crippen LogP contribution >= 0.6 is 0 Å². The average molecular weight is 136 g/mol. The van der Waals surface area contributed by atoms with Gasteiger partial charge in [-0.1, -0.05) is 0 Å². The van der Waals surface area contributed by atoms with Crippen molar-refractivity contribution in [3.8, 4) is 6.07 Å². The molecule has 1 aromatic heterocycles. The average Bonchev–Trinajstić information content (AvgIpc) is 2.40. The van der Waals surface area contributed by atoms with Gasteiger partial charge in [0.1, 0.15) is 0 Å². The van der Waals surface area contributed by atoms with Crippen molar-refractivity contribution in [3.63, 3.8) is 0 Å². The number of nitrogens with two attached hydrogens (primary N) is 1. The molecule has 0 unspecified atom stereocenters. The predicted octanol–water partition coefficient (Wildman–Crippen LogP) is -0.197. The Kier molecular flexibility index (Phi) is 2.03. The van der Waals surface area contributed by atoms with Crippen LogP contribution in [0.4, 0.5) is 0 Å². The van der Waals surface area contributed by atoms with E-state index < -0.39 is 6.04 Å². The number of hydrogen-bond acceptors (Lipinski definition) is 3. The molecule has 0 spiro atoms. The fourth-order valence-corrected chi connectivity index (χ4v) is 0.679. The number of hydrogen-bond donors (Lipinski definition) is 2. The Labute approximate surface area is 58.7 Å². The molecule has 0 fully saturated rings. The molecule has 0 bridgehead atoms. The monoisotopic (exact) mass is 136 g/mol. The first-order chi connectivity index (χ1) is 4.83. The van der Waals surface area contributed by atoms with Gasteiger partial charge in [0.25, 0.3) is 0 Å². The molecular formula is C6H8N4. The van der Waals surface area contributed by atoms with Crippen LogP contribution in [0.5, 0.6) is 0 Å². The zero-order chi connectivity index (χ0) is 7.40. The van der Waals surface area contributed by atoms with Gasteiger partial charge in [-0.25, -0.2) is 4.98 Å². The summed E-state index contributed by atoms with van der Waals surface area (Å²) in [6, 6.07) is 1.50. The molecule has 3 N–H and O–H groups in total. The van der Waals surface area contributed by atoms with E-state index in [4.69, 9.17) is 11.0 Å². The van der Waals surface area contributed by atoms with Gasteiger partial charge in [-0.15, -0.1) is 0 Å². The van der Waals surface area contributed by atoms with Crippen molar-refractivity contribution in [2.24, 2.45) is 5.73 Å². The number of imidazole rings is 1. The van der Waals surface area contributed by atoms with Crippen LogP contribution in [0.3, 0.4) is 0 Å². The van der Waals surface area contributed by atoms with Crippen molar-refractivity contribution < 1.29 is 0 Å². The number of nitrogens with zero attached hydrogens (tertiary/aromatic N) is 2. The van der Waals surface area contributed by atoms with Crippen molar-refractivity contribution in [2.75, 3.05) is 0 Å². The minimum atomic E-state index is -0.430. The molecule has 0 aliphatic carbocycles. The Balaban J connectivity index is 2.50. The molecule has 0 aliphatic rings. The van der Waals surface area contributed by atoms with Crippen LogP contribution in [0.25, 0.3) is 0 Å². The summed E-state index contributed by atoms with van der Waals surface area (Å²) in [6.45, 7) is 0. The first-order valence-electron chi connectivity index (χ1n) is 2.95. The quantitative estimate of drug-likeness (QED) is 0.591. The predicted molar refractivity (Wildman–Crippen MR) is 35.9 cm³/mol. The molecule has 0 saturated carbocycles. The van der Waals surface area contributed by atoms with Gasteiger partial charge in [0.05, 0.1) is 18.4 Å². The van der Waals surface area contributed by atoms with Crippen molar-refractivity contribution in [3.05, 3.63) is 18.2 Å². The zero-order valence-corrected chi connectivity index (χ0v) is 5.41. The topological polar surface area (TPSA) is 78.5 Å². The van der Waals surface area contributed by atoms with Gasteiger partial charge in [0, 0.05) is 18.3 Å². The summed E-state index contributed by atoms with van der Waals surface area (Å²) in [5, 5.41) is 8.32. The Morgan fingerprint density at radius 2 is 2.70 bits per heavy atom. The third-order valence-electron chi connectivity index (χ3n) is 1.16. The summed E-state index contributed by atoms with van der Waals surface area (Å²) in [5.41, 5.74) is 6.25. The summed E-state index contributed by atoms with van der Waals surface area (Å²) in [7, 11) is 0. The summed E-state index contributed by atoms with van der Waals surface area (Å²) < 4.78 is 0. The third-order valence-corrected chi connectivity index (χ3v) is 1.16. The minimum Gasteiger partial charge on any atom is -0.348 e. The number of H-pyrrole nitrogens is 1. The summed E-state index contributed by atoms with van der Waals surface area (Å²) in [5.74, 6) is 0. The molecule has 1 atom stereocenters. The van der Waals surface area contributed by atoms with Crippen molar-refractivity contribution in [1.82, 2.24) is 9.97 Å². The summed E-state index contributed by atoms with van der Waals surface area (Å²) >= 11 is 0. The second-order valence-corrected chi connectivity index (χ2v) is 2.02. The number of nitrogens with one attached hydrogen (secondary N) is 1. The van der Waals surface area contributed by atoms with Gasteiger partial charge in [0.15, 0.2) is 0 Å². The van der Waals surface area contributed by atoms with Gasteiger partial charge in [-0.05, 0) is 0 Å². The van der Waals surface area contributed by atoms with Crippen LogP contribution in [0.15, 0.2) is 12.5 Å². The summed E-state index contributed by atoms with van der Waals surface area (Å²) in [4.78, 5) is 6.65. The first-order valence-corrected chi connectivity index (χ1v) is 2.95. The second kappa shape index (κ2) is 2.99. The maximum atomic E-state index is 8.32. The zero-order valence-electron chi connectivity index (χ0n) is 5.41. The lowest BCUT2D eigenvalue weighted by molar-refractivity contribution is 0.805. The van der Waals surface area contributed by atoms with Crippen LogP contribution in [-0.2, 0) is 6.42 Å². The molecule has 1 rings (SSSR count). The van der Waals surface area contributed by atoms with Gasteiger partial charge in [0.2, 0.25) is 0 Å². The van der Waals surface area contributed by atoms with Crippen molar-refractivity contribution in [2.45, 2.75) is 12.5 Å². The van der Waals surface area contributed by atoms with Crippen LogP contribution in [0.1, 0.15) is 5.69 Å². The highest BCUT2D eigenvalue weighted by Gasteiger charge is 2.01. The van der Waals surface area contributed by atoms with Gasteiger partial charge >= 0.3 is 0 Å². The molecule has 4 nitrogen and oxygen atoms in total. The van der Waals surface area contributed by atoms with Gasteiger partial charge in [-0.2, -0.15) is 5.26 Å². The first kappa shape index (κ1) is 6.78. The smallest absolute Gasteiger partial charge is 0.0983 e. The highest BCUT2D eigenvalue weighted by atomic mass is 14.9. The molecule has 0 aliphatic heterocycles. The molecule has 1 aromatic rings. The Morgan fingerprint density at radius 3 is 3.20 bits per heavy atom. The van der Waals surface area contributed by atoms with E-state index in [2.05, 4.69) is 9.97 Å². The third kappa shape index (κ3) is 1.57. The standard InChI is InChI=1S/C6H8N4/c7-2-5(8)1-6-3-9-4-10-6/h3-5H,1,8H2,(H,9,10)/t5-/m1/s1. The second-order valence-electron chi connectivity index (χ2n) is 2.02. The van der Waals surface area contributed by atoms with E-state index in [9.17, 15) is 0 Å². The van der Waals surface area contributed by atoms with Crippen molar-refractivity contribution in [1.29, 1.82) is 5.26 Å². The highest BCUT2D eigenvalue weighted by Crippen LogP contribution is 1.93. The highest BCUT2D eigenvalue weighted by molar-refractivity contribution is 5.02. The maximum Gasteiger partial charge on any atom is 0.0983 e. The number of rotatable bonds is 2. The van der Waals surface area contributed by atoms with Crippen LogP contribution < -0.4 is 5.73 Å². The fourth-order valence-electron chi connectivity index (χ4n) is 0.679. The van der Waals surface area contributed by atoms with Gasteiger partial charge < -0.3 is 10.7 Å². The van der Waals surface area contributed by atoms with E-state index in [-0.39, 0.29) is 0 Å². The van der Waals surface area contributed by atoms with Crippen LogP contribution in [0, 0.1) is 11.3 Å². The Bertz CT molecular complexity index is 220. The van der Waals surface area contributed by atoms with Crippen LogP contribution in [-0.4, -0.2) is 16.0 Å². The number of nitriles is 1.